The Hall–Kier alpha value is -2.52. The number of carbonyl (C=O) groups is 4. The number of allylic oxidation sites excluding steroid dienone is 4. The number of aliphatic hydroxyl groups is 1. The van der Waals surface area contributed by atoms with Crippen molar-refractivity contribution in [3.8, 4) is 0 Å². The van der Waals surface area contributed by atoms with E-state index in [4.69, 9.17) is 28.1 Å². The fourth-order valence-electron chi connectivity index (χ4n) is 11.9. The van der Waals surface area contributed by atoms with Crippen LogP contribution in [0.2, 0.25) is 16.6 Å². The highest BCUT2D eigenvalue weighted by atomic mass is 28.4. The number of hydrogen-bond donors (Lipinski definition) is 1. The number of hydrogen-bond acceptors (Lipinski definition) is 11. The van der Waals surface area contributed by atoms with Gasteiger partial charge in [-0.05, 0) is 118 Å². The number of piperidine rings is 1. The molecular formula is C52H87NO11Si. The molecule has 0 aromatic rings. The van der Waals surface area contributed by atoms with Crippen molar-refractivity contribution in [3.63, 3.8) is 0 Å². The third-order valence-corrected chi connectivity index (χ3v) is 21.6. The van der Waals surface area contributed by atoms with Crippen LogP contribution in [-0.2, 0) is 47.3 Å². The molecule has 4 aliphatic rings. The number of nitrogens with zero attached hydrogens (tertiary/aromatic N) is 1. The second-order valence-electron chi connectivity index (χ2n) is 21.1. The lowest BCUT2D eigenvalue weighted by molar-refractivity contribution is -0.302. The smallest absolute Gasteiger partial charge is 0.329 e. The summed E-state index contributed by atoms with van der Waals surface area (Å²) in [6.07, 6.45) is 10.9. The average molecular weight is 930 g/mol. The molecule has 13 heteroatoms. The molecule has 1 saturated carbocycles. The van der Waals surface area contributed by atoms with E-state index in [1.54, 1.807) is 34.3 Å². The van der Waals surface area contributed by atoms with E-state index < -0.39 is 74.1 Å². The molecule has 13 unspecified atom stereocenters. The Balaban J connectivity index is 1.74. The summed E-state index contributed by atoms with van der Waals surface area (Å²) in [5.41, 5.74) is 3.24. The molecule has 0 aromatic carbocycles. The number of rotatable bonds is 11. The van der Waals surface area contributed by atoms with E-state index >= 15 is 0 Å². The molecule has 2 saturated heterocycles. The zero-order valence-corrected chi connectivity index (χ0v) is 43.7. The zero-order valence-electron chi connectivity index (χ0n) is 42.7. The summed E-state index contributed by atoms with van der Waals surface area (Å²) in [6.45, 7) is 25.6. The number of amides is 1. The van der Waals surface area contributed by atoms with Gasteiger partial charge in [0.05, 0.1) is 24.4 Å². The highest BCUT2D eigenvalue weighted by molar-refractivity contribution is 6.77. The second-order valence-corrected chi connectivity index (χ2v) is 26.5. The first-order valence-electron chi connectivity index (χ1n) is 24.9. The van der Waals surface area contributed by atoms with E-state index in [1.165, 1.54) is 4.90 Å². The van der Waals surface area contributed by atoms with E-state index in [0.29, 0.717) is 55.1 Å². The van der Waals surface area contributed by atoms with Crippen LogP contribution in [0.5, 0.6) is 0 Å². The van der Waals surface area contributed by atoms with Gasteiger partial charge in [-0.2, -0.15) is 0 Å². The summed E-state index contributed by atoms with van der Waals surface area (Å²) >= 11 is 0. The van der Waals surface area contributed by atoms with Crippen LogP contribution in [0.15, 0.2) is 35.5 Å². The molecule has 3 fully saturated rings. The Bertz CT molecular complexity index is 1690. The summed E-state index contributed by atoms with van der Waals surface area (Å²) in [7, 11) is 2.72. The van der Waals surface area contributed by atoms with Crippen molar-refractivity contribution in [3.05, 3.63) is 35.5 Å². The molecular weight excluding hydrogens is 843 g/mol. The number of cyclic esters (lactones) is 1. The van der Waals surface area contributed by atoms with Gasteiger partial charge in [-0.25, -0.2) is 4.79 Å². The SMILES string of the molecule is CCC1C=C(C)CC(C)CC(OC)C2OC(O)(C(=O)C(=O)N3CCCCC3C(=O)OC(C(C)=CC3CCC(O[Si](C(C)C)(C(C)C)C(C)C)C(OC)C3)C(C)C=CC1=O)C(C)CC2OC. The lowest BCUT2D eigenvalue weighted by Crippen LogP contribution is -2.64. The van der Waals surface area contributed by atoms with Gasteiger partial charge in [0.1, 0.15) is 18.2 Å². The lowest BCUT2D eigenvalue weighted by Gasteiger charge is -2.47. The molecule has 1 N–H and O–H groups in total. The molecule has 370 valence electrons. The van der Waals surface area contributed by atoms with Crippen molar-refractivity contribution < 1.29 is 52.4 Å². The Morgan fingerprint density at radius 3 is 2.08 bits per heavy atom. The molecule has 65 heavy (non-hydrogen) atoms. The third kappa shape index (κ3) is 12.8. The topological polar surface area (TPSA) is 147 Å². The number of Topliss-reactive ketones (excluding diaryl/α,β-unsaturated/α-hetero) is 1. The summed E-state index contributed by atoms with van der Waals surface area (Å²) in [4.78, 5) is 58.5. The fraction of sp³-hybridized carbons (Fsp3) is 0.808. The summed E-state index contributed by atoms with van der Waals surface area (Å²) in [6, 6.07) is -1.06. The van der Waals surface area contributed by atoms with Crippen LogP contribution in [0.25, 0.3) is 0 Å². The molecule has 2 bridgehead atoms. The maximum atomic E-state index is 14.5. The molecule has 0 aromatic heterocycles. The monoisotopic (exact) mass is 930 g/mol. The molecule has 0 radical (unpaired) electrons. The molecule has 3 aliphatic heterocycles. The minimum absolute atomic E-state index is 0.0117. The first-order valence-corrected chi connectivity index (χ1v) is 27.0. The third-order valence-electron chi connectivity index (χ3n) is 15.4. The fourth-order valence-corrected chi connectivity index (χ4v) is 17.5. The van der Waals surface area contributed by atoms with Gasteiger partial charge in [-0.3, -0.25) is 14.4 Å². The van der Waals surface area contributed by atoms with E-state index in [9.17, 15) is 24.3 Å². The molecule has 1 amide bonds. The standard InChI is InChI=1S/C52H87NO11Si/c1-16-40-26-34(8)25-35(9)27-45(60-14)48-46(61-15)29-38(12)52(58,63-48)49(55)50(56)53-24-18-17-19-41(53)51(57)62-47(36(10)20-22-42(40)54)37(11)28-39-21-23-43(44(30-39)59-13)64-65(31(2)3,32(4)5)33(6)7/h20,22,26,28,31-33,35-36,38-41,43-48,58H,16-19,21,23-25,27,29-30H2,1-15H3. The number of carbonyl (C=O) groups excluding carboxylic acids is 4. The van der Waals surface area contributed by atoms with Gasteiger partial charge in [-0.15, -0.1) is 0 Å². The first-order chi connectivity index (χ1) is 30.6. The molecule has 13 atom stereocenters. The Morgan fingerprint density at radius 1 is 0.877 bits per heavy atom. The highest BCUT2D eigenvalue weighted by Gasteiger charge is 2.57. The Kier molecular flexibility index (Phi) is 20.5. The van der Waals surface area contributed by atoms with E-state index in [0.717, 1.165) is 30.4 Å². The summed E-state index contributed by atoms with van der Waals surface area (Å²) in [5.74, 6) is -6.59. The first kappa shape index (κ1) is 55.1. The molecule has 0 spiro atoms. The highest BCUT2D eigenvalue weighted by Crippen LogP contribution is 2.46. The summed E-state index contributed by atoms with van der Waals surface area (Å²) < 4.78 is 38.0. The van der Waals surface area contributed by atoms with Gasteiger partial charge < -0.3 is 38.1 Å². The van der Waals surface area contributed by atoms with Gasteiger partial charge in [0, 0.05) is 45.6 Å². The quantitative estimate of drug-likeness (QED) is 0.0915. The minimum Gasteiger partial charge on any atom is -0.456 e. The molecule has 12 nitrogen and oxygen atoms in total. The van der Waals surface area contributed by atoms with Crippen molar-refractivity contribution >= 4 is 31.8 Å². The Labute approximate surface area is 393 Å². The van der Waals surface area contributed by atoms with Crippen LogP contribution in [-0.4, -0.2) is 118 Å². The average Bonchev–Trinajstić information content (AvgIpc) is 3.26. The van der Waals surface area contributed by atoms with Gasteiger partial charge in [-0.1, -0.05) is 93.0 Å². The molecule has 1 aliphatic carbocycles. The van der Waals surface area contributed by atoms with Crippen molar-refractivity contribution in [2.24, 2.45) is 29.6 Å². The van der Waals surface area contributed by atoms with E-state index in [-0.39, 0.29) is 48.7 Å². The second kappa shape index (κ2) is 24.2. The number of ketones is 2. The van der Waals surface area contributed by atoms with Crippen LogP contribution >= 0.6 is 0 Å². The van der Waals surface area contributed by atoms with Crippen LogP contribution in [0.1, 0.15) is 147 Å². The number of esters is 1. The van der Waals surface area contributed by atoms with Crippen molar-refractivity contribution in [1.29, 1.82) is 0 Å². The lowest BCUT2D eigenvalue weighted by atomic mass is 9.82. The largest absolute Gasteiger partial charge is 0.456 e. The number of ether oxygens (including phenoxy) is 5. The number of fused-ring (bicyclic) bond motifs is 3. The van der Waals surface area contributed by atoms with Crippen LogP contribution < -0.4 is 0 Å². The van der Waals surface area contributed by atoms with Crippen LogP contribution in [0.4, 0.5) is 0 Å². The maximum absolute atomic E-state index is 14.5. The van der Waals surface area contributed by atoms with Gasteiger partial charge in [0.15, 0.2) is 5.78 Å². The predicted octanol–water partition coefficient (Wildman–Crippen LogP) is 9.48. The van der Waals surface area contributed by atoms with Crippen LogP contribution in [0, 0.1) is 29.6 Å². The van der Waals surface area contributed by atoms with Gasteiger partial charge in [0.25, 0.3) is 11.7 Å². The molecule has 3 heterocycles. The van der Waals surface area contributed by atoms with Gasteiger partial charge in [0.2, 0.25) is 14.1 Å². The normalized spacial score (nSPS) is 35.8. The number of methoxy groups -OCH3 is 3. The van der Waals surface area contributed by atoms with E-state index in [1.807, 2.05) is 39.8 Å². The summed E-state index contributed by atoms with van der Waals surface area (Å²) in [5, 5.41) is 12.1. The van der Waals surface area contributed by atoms with Crippen molar-refractivity contribution in [1.82, 2.24) is 4.90 Å². The van der Waals surface area contributed by atoms with Crippen molar-refractivity contribution in [2.75, 3.05) is 27.9 Å². The van der Waals surface area contributed by atoms with Crippen LogP contribution in [0.3, 0.4) is 0 Å². The molecule has 4 rings (SSSR count). The maximum Gasteiger partial charge on any atom is 0.329 e. The Morgan fingerprint density at radius 2 is 1.49 bits per heavy atom. The predicted molar refractivity (Wildman–Crippen MR) is 256 cm³/mol. The van der Waals surface area contributed by atoms with Gasteiger partial charge >= 0.3 is 5.97 Å². The van der Waals surface area contributed by atoms with E-state index in [2.05, 4.69) is 54.5 Å². The zero-order chi connectivity index (χ0) is 48.6. The van der Waals surface area contributed by atoms with Crippen molar-refractivity contribution in [2.45, 2.75) is 212 Å². The minimum atomic E-state index is -2.47.